The lowest BCUT2D eigenvalue weighted by Gasteiger charge is -2.14. The zero-order chi connectivity index (χ0) is 19.2. The van der Waals surface area contributed by atoms with E-state index in [1.165, 1.54) is 25.1 Å². The highest BCUT2D eigenvalue weighted by atomic mass is 19.3. The van der Waals surface area contributed by atoms with Gasteiger partial charge >= 0.3 is 6.29 Å². The van der Waals surface area contributed by atoms with E-state index >= 15 is 0 Å². The Labute approximate surface area is 148 Å². The number of alkyl halides is 2. The molecule has 6 nitrogen and oxygen atoms in total. The third-order valence-electron chi connectivity index (χ3n) is 4.21. The number of anilines is 1. The molecule has 0 radical (unpaired) electrons. The van der Waals surface area contributed by atoms with Gasteiger partial charge in [0.25, 0.3) is 0 Å². The molecule has 0 aliphatic carbocycles. The molecule has 3 rings (SSSR count). The molecule has 0 bridgehead atoms. The molecule has 8 heteroatoms. The average molecular weight is 364 g/mol. The van der Waals surface area contributed by atoms with Crippen LogP contribution in [0.15, 0.2) is 18.2 Å². The number of rotatable bonds is 5. The van der Waals surface area contributed by atoms with E-state index in [2.05, 4.69) is 19.8 Å². The number of aromatic amines is 1. The standard InChI is InChI=1S/C18H18F2N2O4/c1-8-15(11(4)23)9(2)22-16(8)17(24)10(3)21-12-5-6-13-14(7-12)26-18(19,20)25-13/h5-7,10,21-22H,1-4H3/t10-/m0/s1. The van der Waals surface area contributed by atoms with Crippen molar-refractivity contribution in [1.82, 2.24) is 4.98 Å². The summed E-state index contributed by atoms with van der Waals surface area (Å²) in [5, 5.41) is 2.95. The van der Waals surface area contributed by atoms with Crippen molar-refractivity contribution in [3.63, 3.8) is 0 Å². The minimum atomic E-state index is -3.69. The van der Waals surface area contributed by atoms with Gasteiger partial charge in [0.1, 0.15) is 0 Å². The maximum Gasteiger partial charge on any atom is 0.586 e. The highest BCUT2D eigenvalue weighted by molar-refractivity contribution is 6.05. The maximum atomic E-state index is 13.1. The number of nitrogens with one attached hydrogen (secondary N) is 2. The normalized spacial score (nSPS) is 15.6. The first-order chi connectivity index (χ1) is 12.1. The summed E-state index contributed by atoms with van der Waals surface area (Å²) in [5.41, 5.74) is 2.51. The molecule has 2 heterocycles. The van der Waals surface area contributed by atoms with E-state index < -0.39 is 12.3 Å². The number of hydrogen-bond acceptors (Lipinski definition) is 5. The Morgan fingerprint density at radius 1 is 1.19 bits per heavy atom. The molecule has 1 aromatic carbocycles. The first-order valence-electron chi connectivity index (χ1n) is 8.00. The second kappa shape index (κ2) is 6.12. The van der Waals surface area contributed by atoms with Gasteiger partial charge in [0, 0.05) is 23.0 Å². The number of ether oxygens (including phenoxy) is 2. The summed E-state index contributed by atoms with van der Waals surface area (Å²) in [6.07, 6.45) is -3.69. The minimum Gasteiger partial charge on any atom is -0.395 e. The van der Waals surface area contributed by atoms with Crippen LogP contribution in [0.25, 0.3) is 0 Å². The van der Waals surface area contributed by atoms with E-state index in [1.54, 1.807) is 20.8 Å². The SMILES string of the molecule is CC(=O)c1c(C)[nH]c(C(=O)[C@H](C)Nc2ccc3c(c2)OC(F)(F)O3)c1C. The number of hydrogen-bond donors (Lipinski definition) is 2. The molecule has 138 valence electrons. The van der Waals surface area contributed by atoms with Crippen LogP contribution in [-0.2, 0) is 0 Å². The van der Waals surface area contributed by atoms with E-state index in [-0.39, 0.29) is 23.1 Å². The largest absolute Gasteiger partial charge is 0.586 e. The number of H-pyrrole nitrogens is 1. The van der Waals surface area contributed by atoms with Crippen LogP contribution in [0.2, 0.25) is 0 Å². The molecule has 0 saturated carbocycles. The number of Topliss-reactive ketones (excluding diaryl/α,β-unsaturated/α-hetero) is 2. The number of aromatic nitrogens is 1. The van der Waals surface area contributed by atoms with Crippen LogP contribution in [-0.4, -0.2) is 28.9 Å². The molecule has 1 aliphatic rings. The van der Waals surface area contributed by atoms with Crippen LogP contribution in [0.1, 0.15) is 46.0 Å². The van der Waals surface area contributed by atoms with Crippen LogP contribution in [0, 0.1) is 13.8 Å². The van der Waals surface area contributed by atoms with Gasteiger partial charge in [0.2, 0.25) is 5.78 Å². The molecule has 0 spiro atoms. The smallest absolute Gasteiger partial charge is 0.395 e. The van der Waals surface area contributed by atoms with Crippen LogP contribution in [0.5, 0.6) is 11.5 Å². The van der Waals surface area contributed by atoms with E-state index in [4.69, 9.17) is 0 Å². The van der Waals surface area contributed by atoms with Gasteiger partial charge in [0.15, 0.2) is 17.3 Å². The second-order valence-electron chi connectivity index (χ2n) is 6.24. The highest BCUT2D eigenvalue weighted by Gasteiger charge is 2.43. The van der Waals surface area contributed by atoms with Crippen molar-refractivity contribution >= 4 is 17.3 Å². The first-order valence-corrected chi connectivity index (χ1v) is 8.00. The quantitative estimate of drug-likeness (QED) is 0.788. The van der Waals surface area contributed by atoms with E-state index in [0.717, 1.165) is 0 Å². The van der Waals surface area contributed by atoms with E-state index in [0.29, 0.717) is 28.2 Å². The average Bonchev–Trinajstić information content (AvgIpc) is 3.00. The van der Waals surface area contributed by atoms with E-state index in [9.17, 15) is 18.4 Å². The predicted octanol–water partition coefficient (Wildman–Crippen LogP) is 3.84. The summed E-state index contributed by atoms with van der Waals surface area (Å²) in [6.45, 7) is 6.53. The molecule has 0 amide bonds. The number of carbonyl (C=O) groups is 2. The third kappa shape index (κ3) is 3.14. The molecule has 26 heavy (non-hydrogen) atoms. The van der Waals surface area contributed by atoms with Gasteiger partial charge in [-0.1, -0.05) is 0 Å². The minimum absolute atomic E-state index is 0.0681. The predicted molar refractivity (Wildman–Crippen MR) is 90.3 cm³/mol. The van der Waals surface area contributed by atoms with Crippen molar-refractivity contribution < 1.29 is 27.8 Å². The van der Waals surface area contributed by atoms with Gasteiger partial charge in [-0.3, -0.25) is 9.59 Å². The van der Waals surface area contributed by atoms with Crippen molar-refractivity contribution in [2.45, 2.75) is 40.0 Å². The highest BCUT2D eigenvalue weighted by Crippen LogP contribution is 2.42. The molecule has 0 fully saturated rings. The lowest BCUT2D eigenvalue weighted by Crippen LogP contribution is -2.27. The lowest BCUT2D eigenvalue weighted by molar-refractivity contribution is -0.286. The molecule has 0 unspecified atom stereocenters. The lowest BCUT2D eigenvalue weighted by atomic mass is 10.0. The fourth-order valence-electron chi connectivity index (χ4n) is 3.10. The molecule has 2 N–H and O–H groups in total. The molecule has 2 aromatic rings. The van der Waals surface area contributed by atoms with Gasteiger partial charge in [0.05, 0.1) is 11.7 Å². The fraction of sp³-hybridized carbons (Fsp3) is 0.333. The third-order valence-corrected chi connectivity index (χ3v) is 4.21. The van der Waals surface area contributed by atoms with Crippen LogP contribution in [0.3, 0.4) is 0 Å². The number of benzene rings is 1. The second-order valence-corrected chi connectivity index (χ2v) is 6.24. The van der Waals surface area contributed by atoms with Gasteiger partial charge in [-0.05, 0) is 45.4 Å². The Balaban J connectivity index is 1.79. The fourth-order valence-corrected chi connectivity index (χ4v) is 3.10. The van der Waals surface area contributed by atoms with Crippen molar-refractivity contribution in [1.29, 1.82) is 0 Å². The molecule has 1 aromatic heterocycles. The first kappa shape index (κ1) is 17.9. The van der Waals surface area contributed by atoms with Crippen LogP contribution >= 0.6 is 0 Å². The van der Waals surface area contributed by atoms with Gasteiger partial charge in [-0.15, -0.1) is 8.78 Å². The summed E-state index contributed by atoms with van der Waals surface area (Å²) < 4.78 is 34.9. The van der Waals surface area contributed by atoms with Gasteiger partial charge < -0.3 is 19.8 Å². The number of halogens is 2. The summed E-state index contributed by atoms with van der Waals surface area (Å²) in [4.78, 5) is 27.4. The Bertz CT molecular complexity index is 905. The van der Waals surface area contributed by atoms with Crippen LogP contribution < -0.4 is 14.8 Å². The summed E-state index contributed by atoms with van der Waals surface area (Å²) in [5.74, 6) is -0.541. The monoisotopic (exact) mass is 364 g/mol. The summed E-state index contributed by atoms with van der Waals surface area (Å²) in [7, 11) is 0. The molecule has 0 saturated heterocycles. The van der Waals surface area contributed by atoms with Crippen molar-refractivity contribution in [3.05, 3.63) is 40.7 Å². The summed E-state index contributed by atoms with van der Waals surface area (Å²) in [6, 6.07) is 3.54. The van der Waals surface area contributed by atoms with E-state index in [1.807, 2.05) is 0 Å². The Kier molecular flexibility index (Phi) is 4.21. The van der Waals surface area contributed by atoms with Gasteiger partial charge in [-0.2, -0.15) is 0 Å². The van der Waals surface area contributed by atoms with Crippen molar-refractivity contribution in [2.24, 2.45) is 0 Å². The number of ketones is 2. The maximum absolute atomic E-state index is 13.1. The molecule has 1 atom stereocenters. The topological polar surface area (TPSA) is 80.4 Å². The van der Waals surface area contributed by atoms with Gasteiger partial charge in [-0.25, -0.2) is 0 Å². The zero-order valence-electron chi connectivity index (χ0n) is 14.7. The Hall–Kier alpha value is -2.90. The van der Waals surface area contributed by atoms with Crippen molar-refractivity contribution in [2.75, 3.05) is 5.32 Å². The Morgan fingerprint density at radius 2 is 1.85 bits per heavy atom. The number of fused-ring (bicyclic) bond motifs is 1. The number of carbonyl (C=O) groups excluding carboxylic acids is 2. The molecular formula is C18H18F2N2O4. The zero-order valence-corrected chi connectivity index (χ0v) is 14.7. The Morgan fingerprint density at radius 3 is 2.46 bits per heavy atom. The molecule has 1 aliphatic heterocycles. The van der Waals surface area contributed by atoms with Crippen LogP contribution in [0.4, 0.5) is 14.5 Å². The summed E-state index contributed by atoms with van der Waals surface area (Å²) >= 11 is 0. The molecular weight excluding hydrogens is 346 g/mol. The number of aryl methyl sites for hydroxylation is 1. The van der Waals surface area contributed by atoms with Crippen molar-refractivity contribution in [3.8, 4) is 11.5 Å².